The van der Waals surface area contributed by atoms with Crippen molar-refractivity contribution < 1.29 is 39.7 Å². The highest BCUT2D eigenvalue weighted by Crippen LogP contribution is 2.45. The molecule has 0 aliphatic carbocycles. The smallest absolute Gasteiger partial charge is 0.326 e. The lowest BCUT2D eigenvalue weighted by Gasteiger charge is -2.23. The number of nitrogens with zero attached hydrogens (tertiary/aromatic N) is 3. The Balaban J connectivity index is 1.61. The van der Waals surface area contributed by atoms with Gasteiger partial charge in [-0.1, -0.05) is 22.8 Å². The van der Waals surface area contributed by atoms with Crippen LogP contribution in [0.1, 0.15) is 6.92 Å². The number of urea groups is 1. The van der Waals surface area contributed by atoms with Gasteiger partial charge in [-0.2, -0.15) is 0 Å². The third-order valence-electron chi connectivity index (χ3n) is 6.30. The molecule has 0 radical (unpaired) electrons. The second kappa shape index (κ2) is 8.28. The van der Waals surface area contributed by atoms with E-state index in [1.54, 1.807) is 0 Å². The Morgan fingerprint density at radius 3 is 2.47 bits per heavy atom. The van der Waals surface area contributed by atoms with Crippen molar-refractivity contribution in [3.63, 3.8) is 0 Å². The van der Waals surface area contributed by atoms with Gasteiger partial charge in [0.2, 0.25) is 10.0 Å². The first-order valence-corrected chi connectivity index (χ1v) is 12.6. The van der Waals surface area contributed by atoms with Crippen LogP contribution in [0.5, 0.6) is 0 Å². The molecule has 2 aliphatic rings. The maximum atomic E-state index is 15.2. The van der Waals surface area contributed by atoms with Crippen LogP contribution in [0.25, 0.3) is 22.1 Å². The van der Waals surface area contributed by atoms with E-state index in [9.17, 15) is 22.0 Å². The summed E-state index contributed by atoms with van der Waals surface area (Å²) < 4.78 is 105. The van der Waals surface area contributed by atoms with Crippen molar-refractivity contribution in [2.45, 2.75) is 24.9 Å². The molecule has 2 aliphatic heterocycles. The second-order valence-corrected chi connectivity index (χ2v) is 10.8. The van der Waals surface area contributed by atoms with E-state index < -0.39 is 92.3 Å². The monoisotopic (exact) mass is 550 g/mol. The zero-order valence-electron chi connectivity index (χ0n) is 18.2. The number of hydrogen-bond donors (Lipinski definition) is 1. The molecule has 192 valence electrons. The third kappa shape index (κ3) is 3.61. The van der Waals surface area contributed by atoms with Crippen molar-refractivity contribution in [3.8, 4) is 11.1 Å². The van der Waals surface area contributed by atoms with Crippen LogP contribution < -0.4 is 9.62 Å². The first kappa shape index (κ1) is 24.7. The number of rotatable bonds is 5. The lowest BCUT2D eigenvalue weighted by Crippen LogP contribution is -2.51. The van der Waals surface area contributed by atoms with Gasteiger partial charge in [0.25, 0.3) is 5.92 Å². The molecule has 2 aromatic carbocycles. The van der Waals surface area contributed by atoms with Crippen LogP contribution in [0.2, 0.25) is 5.02 Å². The van der Waals surface area contributed by atoms with Gasteiger partial charge in [0.15, 0.2) is 17.2 Å². The minimum absolute atomic E-state index is 0.241. The number of aromatic nitrogens is 1. The molecule has 5 rings (SSSR count). The van der Waals surface area contributed by atoms with Crippen LogP contribution in [0.4, 0.5) is 32.6 Å². The average molecular weight is 551 g/mol. The molecule has 15 heteroatoms. The summed E-state index contributed by atoms with van der Waals surface area (Å²) >= 11 is 5.89. The highest BCUT2D eigenvalue weighted by atomic mass is 35.5. The average Bonchev–Trinajstić information content (AvgIpc) is 3.43. The molecule has 3 heterocycles. The van der Waals surface area contributed by atoms with Gasteiger partial charge in [-0.05, 0) is 19.1 Å². The quantitative estimate of drug-likeness (QED) is 0.482. The van der Waals surface area contributed by atoms with Crippen molar-refractivity contribution in [1.29, 1.82) is 0 Å². The number of carbonyl (C=O) groups excluding carboxylic acids is 1. The molecule has 2 amide bonds. The largest absolute Gasteiger partial charge is 0.354 e. The normalized spacial score (nSPS) is 21.6. The Labute approximate surface area is 205 Å². The SMILES string of the molecule is CCS(=O)(=O)N[C@@H]1CN2C(=O)N(c3noc4cc(Cl)c(F)c(-c5c(F)cccc5F)c34)C[C@@H]2C1(F)F. The van der Waals surface area contributed by atoms with E-state index >= 15 is 13.2 Å². The first-order chi connectivity index (χ1) is 16.9. The van der Waals surface area contributed by atoms with E-state index in [1.807, 2.05) is 4.72 Å². The number of nitrogens with one attached hydrogen (secondary N) is 1. The number of hydrogen-bond acceptors (Lipinski definition) is 5. The summed E-state index contributed by atoms with van der Waals surface area (Å²) in [6, 6.07) is -0.801. The third-order valence-corrected chi connectivity index (χ3v) is 7.98. The van der Waals surface area contributed by atoms with Crippen LogP contribution in [-0.2, 0) is 10.0 Å². The second-order valence-electron chi connectivity index (χ2n) is 8.33. The fraction of sp³-hybridized carbons (Fsp3) is 0.333. The maximum absolute atomic E-state index is 15.2. The predicted octanol–water partition coefficient (Wildman–Crippen LogP) is 4.13. The van der Waals surface area contributed by atoms with Gasteiger partial charge in [-0.15, -0.1) is 0 Å². The molecule has 8 nitrogen and oxygen atoms in total. The van der Waals surface area contributed by atoms with Crippen LogP contribution in [0.15, 0.2) is 28.8 Å². The van der Waals surface area contributed by atoms with E-state index in [2.05, 4.69) is 5.16 Å². The van der Waals surface area contributed by atoms with Crippen molar-refractivity contribution in [2.24, 2.45) is 0 Å². The van der Waals surface area contributed by atoms with E-state index in [0.29, 0.717) is 0 Å². The topological polar surface area (TPSA) is 95.8 Å². The summed E-state index contributed by atoms with van der Waals surface area (Å²) in [7, 11) is -4.00. The molecule has 1 aromatic heterocycles. The summed E-state index contributed by atoms with van der Waals surface area (Å²) in [5, 5.41) is 2.81. The molecule has 0 unspecified atom stereocenters. The summed E-state index contributed by atoms with van der Waals surface area (Å²) in [5.41, 5.74) is -1.74. The van der Waals surface area contributed by atoms with Gasteiger partial charge < -0.3 is 9.42 Å². The lowest BCUT2D eigenvalue weighted by atomic mass is 9.99. The maximum Gasteiger partial charge on any atom is 0.326 e. The highest BCUT2D eigenvalue weighted by Gasteiger charge is 2.63. The molecular formula is C21H16ClF5N4O4S. The highest BCUT2D eigenvalue weighted by molar-refractivity contribution is 7.89. The van der Waals surface area contributed by atoms with Gasteiger partial charge in [-0.3, -0.25) is 4.90 Å². The Bertz CT molecular complexity index is 1500. The van der Waals surface area contributed by atoms with Crippen LogP contribution in [0, 0.1) is 17.5 Å². The van der Waals surface area contributed by atoms with Crippen molar-refractivity contribution >= 4 is 44.4 Å². The number of alkyl halides is 2. The minimum Gasteiger partial charge on any atom is -0.354 e. The van der Waals surface area contributed by atoms with E-state index in [-0.39, 0.29) is 11.0 Å². The molecule has 0 spiro atoms. The number of sulfonamides is 1. The van der Waals surface area contributed by atoms with Gasteiger partial charge in [0, 0.05) is 18.2 Å². The Kier molecular flexibility index (Phi) is 5.68. The number of benzene rings is 2. The first-order valence-electron chi connectivity index (χ1n) is 10.5. The molecular weight excluding hydrogens is 535 g/mol. The summed E-state index contributed by atoms with van der Waals surface area (Å²) in [4.78, 5) is 14.7. The zero-order chi connectivity index (χ0) is 26.2. The molecule has 2 fully saturated rings. The van der Waals surface area contributed by atoms with Gasteiger partial charge in [-0.25, -0.2) is 39.9 Å². The number of carbonyl (C=O) groups is 1. The summed E-state index contributed by atoms with van der Waals surface area (Å²) in [6.45, 7) is -0.0429. The lowest BCUT2D eigenvalue weighted by molar-refractivity contribution is -0.0324. The van der Waals surface area contributed by atoms with Crippen molar-refractivity contribution in [2.75, 3.05) is 23.7 Å². The van der Waals surface area contributed by atoms with E-state index in [0.717, 1.165) is 34.1 Å². The molecule has 0 bridgehead atoms. The Hall–Kier alpha value is -2.97. The van der Waals surface area contributed by atoms with Crippen molar-refractivity contribution in [1.82, 2.24) is 14.8 Å². The van der Waals surface area contributed by atoms with Crippen LogP contribution in [-0.4, -0.2) is 61.4 Å². The molecule has 3 aromatic rings. The molecule has 2 saturated heterocycles. The van der Waals surface area contributed by atoms with Crippen LogP contribution in [0.3, 0.4) is 0 Å². The standard InChI is InChI=1S/C21H16ClF5N4O4S/c1-2-36(33,34)29-13-7-30-14(21(13,26)27)8-31(20(30)32)19-16-12(35-28-19)6-9(22)18(25)17(16)15-10(23)4-3-5-11(15)24/h3-6,13-14,29H,2,7-8H2,1H3/t13-,14-/m1/s1. The number of halogens is 6. The predicted molar refractivity (Wildman–Crippen MR) is 119 cm³/mol. The van der Waals surface area contributed by atoms with E-state index in [1.165, 1.54) is 6.92 Å². The summed E-state index contributed by atoms with van der Waals surface area (Å²) in [5.74, 6) is -8.06. The fourth-order valence-corrected chi connectivity index (χ4v) is 5.53. The van der Waals surface area contributed by atoms with Gasteiger partial charge >= 0.3 is 6.03 Å². The van der Waals surface area contributed by atoms with Crippen LogP contribution >= 0.6 is 11.6 Å². The van der Waals surface area contributed by atoms with E-state index in [4.69, 9.17) is 16.1 Å². The molecule has 36 heavy (non-hydrogen) atoms. The molecule has 0 saturated carbocycles. The number of amides is 2. The van der Waals surface area contributed by atoms with Gasteiger partial charge in [0.05, 0.1) is 28.3 Å². The summed E-state index contributed by atoms with van der Waals surface area (Å²) in [6.07, 6.45) is 0. The fourth-order valence-electron chi connectivity index (χ4n) is 4.51. The Morgan fingerprint density at radius 1 is 1.19 bits per heavy atom. The number of anilines is 1. The van der Waals surface area contributed by atoms with Gasteiger partial charge in [0.1, 0.15) is 23.7 Å². The number of fused-ring (bicyclic) bond motifs is 2. The molecule has 2 atom stereocenters. The minimum atomic E-state index is -4.00. The Morgan fingerprint density at radius 2 is 1.86 bits per heavy atom. The molecule has 1 N–H and O–H groups in total. The van der Waals surface area contributed by atoms with Crippen molar-refractivity contribution in [3.05, 3.63) is 46.7 Å². The zero-order valence-corrected chi connectivity index (χ0v) is 19.8.